The van der Waals surface area contributed by atoms with Crippen molar-refractivity contribution in [1.82, 2.24) is 10.6 Å². The first-order chi connectivity index (χ1) is 9.04. The lowest BCUT2D eigenvalue weighted by Crippen LogP contribution is -2.47. The second-order valence-electron chi connectivity index (χ2n) is 5.02. The van der Waals surface area contributed by atoms with E-state index in [0.717, 1.165) is 25.9 Å². The molecule has 19 heavy (non-hydrogen) atoms. The molecule has 110 valence electrons. The van der Waals surface area contributed by atoms with Gasteiger partial charge in [-0.1, -0.05) is 13.3 Å². The molecule has 3 unspecified atom stereocenters. The highest BCUT2D eigenvalue weighted by Gasteiger charge is 2.24. The van der Waals surface area contributed by atoms with Gasteiger partial charge in [0, 0.05) is 13.2 Å². The molecule has 1 aliphatic heterocycles. The molecule has 0 aromatic carbocycles. The van der Waals surface area contributed by atoms with Crippen molar-refractivity contribution in [2.75, 3.05) is 13.2 Å². The largest absolute Gasteiger partial charge is 0.481 e. The molecule has 0 aliphatic carbocycles. The molecule has 0 radical (unpaired) electrons. The quantitative estimate of drug-likeness (QED) is 0.653. The Morgan fingerprint density at radius 3 is 2.74 bits per heavy atom. The van der Waals surface area contributed by atoms with Gasteiger partial charge in [-0.15, -0.1) is 0 Å². The monoisotopic (exact) mass is 272 g/mol. The van der Waals surface area contributed by atoms with Gasteiger partial charge in [-0.3, -0.25) is 4.79 Å². The van der Waals surface area contributed by atoms with Crippen LogP contribution in [0.5, 0.6) is 0 Å². The SMILES string of the molecule is CCCC(CNC(=O)NC(C)C1CCCO1)C(=O)O. The maximum Gasteiger partial charge on any atom is 0.315 e. The number of carbonyl (C=O) groups is 2. The highest BCUT2D eigenvalue weighted by Crippen LogP contribution is 2.15. The maximum atomic E-state index is 11.7. The van der Waals surface area contributed by atoms with Gasteiger partial charge in [0.05, 0.1) is 18.1 Å². The number of amides is 2. The van der Waals surface area contributed by atoms with Gasteiger partial charge in [-0.25, -0.2) is 4.79 Å². The molecule has 0 bridgehead atoms. The van der Waals surface area contributed by atoms with E-state index in [0.29, 0.717) is 6.42 Å². The molecule has 0 aromatic heterocycles. The Morgan fingerprint density at radius 1 is 1.47 bits per heavy atom. The van der Waals surface area contributed by atoms with Gasteiger partial charge in [0.1, 0.15) is 0 Å². The molecule has 1 fully saturated rings. The van der Waals surface area contributed by atoms with Crippen LogP contribution in [0.3, 0.4) is 0 Å². The minimum Gasteiger partial charge on any atom is -0.481 e. The first-order valence-corrected chi connectivity index (χ1v) is 6.93. The third-order valence-electron chi connectivity index (χ3n) is 3.38. The van der Waals surface area contributed by atoms with Gasteiger partial charge in [-0.05, 0) is 26.2 Å². The normalized spacial score (nSPS) is 21.7. The number of carboxylic acids is 1. The number of aliphatic carboxylic acids is 1. The van der Waals surface area contributed by atoms with Gasteiger partial charge in [0.2, 0.25) is 0 Å². The molecule has 6 nitrogen and oxygen atoms in total. The molecule has 1 aliphatic rings. The van der Waals surface area contributed by atoms with E-state index in [2.05, 4.69) is 10.6 Å². The Kier molecular flexibility index (Phi) is 6.62. The number of hydrogen-bond acceptors (Lipinski definition) is 3. The Labute approximate surface area is 113 Å². The summed E-state index contributed by atoms with van der Waals surface area (Å²) in [6, 6.07) is -0.387. The molecule has 1 saturated heterocycles. The van der Waals surface area contributed by atoms with E-state index in [1.807, 2.05) is 13.8 Å². The van der Waals surface area contributed by atoms with Crippen molar-refractivity contribution >= 4 is 12.0 Å². The number of nitrogens with one attached hydrogen (secondary N) is 2. The van der Waals surface area contributed by atoms with Crippen LogP contribution in [0.2, 0.25) is 0 Å². The van der Waals surface area contributed by atoms with Crippen LogP contribution in [0.1, 0.15) is 39.5 Å². The van der Waals surface area contributed by atoms with Crippen LogP contribution in [0, 0.1) is 5.92 Å². The third-order valence-corrected chi connectivity index (χ3v) is 3.38. The second kappa shape index (κ2) is 7.99. The number of carbonyl (C=O) groups excluding carboxylic acids is 1. The van der Waals surface area contributed by atoms with Crippen molar-refractivity contribution in [1.29, 1.82) is 0 Å². The molecule has 0 aromatic rings. The summed E-state index contributed by atoms with van der Waals surface area (Å²) < 4.78 is 5.48. The Hall–Kier alpha value is -1.30. The van der Waals surface area contributed by atoms with Gasteiger partial charge in [0.15, 0.2) is 0 Å². The van der Waals surface area contributed by atoms with E-state index in [-0.39, 0.29) is 24.7 Å². The van der Waals surface area contributed by atoms with Gasteiger partial charge >= 0.3 is 12.0 Å². The third kappa shape index (κ3) is 5.46. The molecule has 2 amide bonds. The molecule has 3 N–H and O–H groups in total. The number of ether oxygens (including phenoxy) is 1. The van der Waals surface area contributed by atoms with Crippen molar-refractivity contribution < 1.29 is 19.4 Å². The molecule has 1 heterocycles. The summed E-state index contributed by atoms with van der Waals surface area (Å²) in [6.07, 6.45) is 3.39. The van der Waals surface area contributed by atoms with Crippen molar-refractivity contribution in [3.05, 3.63) is 0 Å². The summed E-state index contributed by atoms with van der Waals surface area (Å²) in [5.41, 5.74) is 0. The number of hydrogen-bond donors (Lipinski definition) is 3. The lowest BCUT2D eigenvalue weighted by atomic mass is 10.0. The van der Waals surface area contributed by atoms with E-state index >= 15 is 0 Å². The fourth-order valence-corrected chi connectivity index (χ4v) is 2.22. The smallest absolute Gasteiger partial charge is 0.315 e. The summed E-state index contributed by atoms with van der Waals surface area (Å²) >= 11 is 0. The average molecular weight is 272 g/mol. The van der Waals surface area contributed by atoms with Crippen LogP contribution in [-0.4, -0.2) is 42.4 Å². The fourth-order valence-electron chi connectivity index (χ4n) is 2.22. The lowest BCUT2D eigenvalue weighted by Gasteiger charge is -2.21. The molecule has 0 saturated carbocycles. The maximum absolute atomic E-state index is 11.7. The predicted molar refractivity (Wildman–Crippen MR) is 71.0 cm³/mol. The van der Waals surface area contributed by atoms with E-state index in [9.17, 15) is 9.59 Å². The summed E-state index contributed by atoms with van der Waals surface area (Å²) in [7, 11) is 0. The number of rotatable bonds is 7. The molecular weight excluding hydrogens is 248 g/mol. The molecule has 6 heteroatoms. The summed E-state index contributed by atoms with van der Waals surface area (Å²) in [4.78, 5) is 22.6. The van der Waals surface area contributed by atoms with Crippen LogP contribution >= 0.6 is 0 Å². The van der Waals surface area contributed by atoms with Crippen LogP contribution in [0.4, 0.5) is 4.79 Å². The van der Waals surface area contributed by atoms with Crippen LogP contribution in [-0.2, 0) is 9.53 Å². The Bertz CT molecular complexity index is 303. The standard InChI is InChI=1S/C13H24N2O4/c1-3-5-10(12(16)17)8-14-13(18)15-9(2)11-6-4-7-19-11/h9-11H,3-8H2,1-2H3,(H,16,17)(H2,14,15,18). The molecule has 3 atom stereocenters. The van der Waals surface area contributed by atoms with E-state index in [1.54, 1.807) is 0 Å². The zero-order chi connectivity index (χ0) is 14.3. The zero-order valence-corrected chi connectivity index (χ0v) is 11.6. The van der Waals surface area contributed by atoms with Crippen LogP contribution in [0.25, 0.3) is 0 Å². The average Bonchev–Trinajstić information content (AvgIpc) is 2.87. The first kappa shape index (κ1) is 15.8. The van der Waals surface area contributed by atoms with E-state index in [1.165, 1.54) is 0 Å². The zero-order valence-electron chi connectivity index (χ0n) is 11.6. The Balaban J connectivity index is 2.27. The Morgan fingerprint density at radius 2 is 2.21 bits per heavy atom. The van der Waals surface area contributed by atoms with Crippen molar-refractivity contribution in [2.45, 2.75) is 51.7 Å². The van der Waals surface area contributed by atoms with Crippen molar-refractivity contribution in [2.24, 2.45) is 5.92 Å². The van der Waals surface area contributed by atoms with Gasteiger partial charge < -0.3 is 20.5 Å². The fraction of sp³-hybridized carbons (Fsp3) is 0.846. The predicted octanol–water partition coefficient (Wildman–Crippen LogP) is 1.35. The van der Waals surface area contributed by atoms with Crippen molar-refractivity contribution in [3.63, 3.8) is 0 Å². The number of carboxylic acid groups (broad SMARTS) is 1. The highest BCUT2D eigenvalue weighted by atomic mass is 16.5. The van der Waals surface area contributed by atoms with Crippen molar-refractivity contribution in [3.8, 4) is 0 Å². The summed E-state index contributed by atoms with van der Waals surface area (Å²) in [5, 5.41) is 14.4. The summed E-state index contributed by atoms with van der Waals surface area (Å²) in [5.74, 6) is -1.39. The minimum atomic E-state index is -0.866. The minimum absolute atomic E-state index is 0.0584. The van der Waals surface area contributed by atoms with E-state index < -0.39 is 11.9 Å². The van der Waals surface area contributed by atoms with Crippen LogP contribution in [0.15, 0.2) is 0 Å². The molecule has 1 rings (SSSR count). The first-order valence-electron chi connectivity index (χ1n) is 6.93. The summed E-state index contributed by atoms with van der Waals surface area (Å²) in [6.45, 7) is 4.73. The topological polar surface area (TPSA) is 87.7 Å². The molecular formula is C13H24N2O4. The van der Waals surface area contributed by atoms with Crippen LogP contribution < -0.4 is 10.6 Å². The van der Waals surface area contributed by atoms with Gasteiger partial charge in [-0.2, -0.15) is 0 Å². The lowest BCUT2D eigenvalue weighted by molar-refractivity contribution is -0.141. The van der Waals surface area contributed by atoms with E-state index in [4.69, 9.17) is 9.84 Å². The highest BCUT2D eigenvalue weighted by molar-refractivity contribution is 5.76. The molecule has 0 spiro atoms. The van der Waals surface area contributed by atoms with Gasteiger partial charge in [0.25, 0.3) is 0 Å². The number of urea groups is 1. The second-order valence-corrected chi connectivity index (χ2v) is 5.02.